The van der Waals surface area contributed by atoms with E-state index in [0.29, 0.717) is 0 Å². The molecule has 0 saturated carbocycles. The van der Waals surface area contributed by atoms with Crippen molar-refractivity contribution in [3.63, 3.8) is 0 Å². The Bertz CT molecular complexity index is 243. The minimum atomic E-state index is 1.23. The van der Waals surface area contributed by atoms with E-state index in [2.05, 4.69) is 37.3 Å². The van der Waals surface area contributed by atoms with E-state index < -0.39 is 0 Å². The van der Waals surface area contributed by atoms with Crippen LogP contribution >= 0.6 is 0 Å². The average Bonchev–Trinajstić information content (AvgIpc) is 2.28. The third kappa shape index (κ3) is 6.66. The van der Waals surface area contributed by atoms with Crippen molar-refractivity contribution in [3.05, 3.63) is 36.0 Å². The van der Waals surface area contributed by atoms with Crippen LogP contribution in [0.4, 0.5) is 0 Å². The highest BCUT2D eigenvalue weighted by molar-refractivity contribution is 5.23. The molecule has 0 aromatic rings. The zero-order valence-electron chi connectivity index (χ0n) is 10.8. The lowest BCUT2D eigenvalue weighted by Gasteiger charge is -2.02. The van der Waals surface area contributed by atoms with Crippen LogP contribution in [0.1, 0.15) is 64.7 Å². The zero-order chi connectivity index (χ0) is 11.5. The van der Waals surface area contributed by atoms with E-state index >= 15 is 0 Å². The molecule has 0 N–H and O–H groups in total. The van der Waals surface area contributed by atoms with Crippen molar-refractivity contribution in [3.8, 4) is 0 Å². The molecule has 0 heteroatoms. The van der Waals surface area contributed by atoms with Gasteiger partial charge in [0.2, 0.25) is 0 Å². The number of hydrogen-bond donors (Lipinski definition) is 0. The summed E-state index contributed by atoms with van der Waals surface area (Å²) in [4.78, 5) is 0. The second-order valence-corrected chi connectivity index (χ2v) is 4.67. The number of rotatable bonds is 3. The molecule has 0 aromatic heterocycles. The Morgan fingerprint density at radius 2 is 1.75 bits per heavy atom. The molecule has 0 nitrogen and oxygen atoms in total. The van der Waals surface area contributed by atoms with Crippen LogP contribution in [0.2, 0.25) is 0 Å². The number of hydrogen-bond acceptors (Lipinski definition) is 0. The molecule has 0 unspecified atom stereocenters. The van der Waals surface area contributed by atoms with Gasteiger partial charge in [-0.3, -0.25) is 0 Å². The lowest BCUT2D eigenvalue weighted by molar-refractivity contribution is 0.652. The van der Waals surface area contributed by atoms with E-state index in [1.165, 1.54) is 63.4 Å². The van der Waals surface area contributed by atoms with Gasteiger partial charge in [-0.15, -0.1) is 0 Å². The Balaban J connectivity index is 2.51. The van der Waals surface area contributed by atoms with Crippen LogP contribution in [0.3, 0.4) is 0 Å². The van der Waals surface area contributed by atoms with Crippen LogP contribution in [0.25, 0.3) is 0 Å². The highest BCUT2D eigenvalue weighted by Gasteiger charge is 1.93. The van der Waals surface area contributed by atoms with Gasteiger partial charge in [-0.25, -0.2) is 0 Å². The third-order valence-electron chi connectivity index (χ3n) is 3.09. The highest BCUT2D eigenvalue weighted by atomic mass is 14.0. The number of allylic oxidation sites excluding steroid dienone is 6. The van der Waals surface area contributed by atoms with Crippen molar-refractivity contribution in [1.82, 2.24) is 0 Å². The maximum atomic E-state index is 2.36. The van der Waals surface area contributed by atoms with Gasteiger partial charge in [0.15, 0.2) is 0 Å². The fraction of sp³-hybridized carbons (Fsp3) is 0.625. The van der Waals surface area contributed by atoms with Gasteiger partial charge < -0.3 is 0 Å². The fourth-order valence-corrected chi connectivity index (χ4v) is 2.00. The molecule has 1 rings (SSSR count). The molecule has 0 aliphatic heterocycles. The number of unbranched alkanes of at least 4 members (excludes halogenated alkanes) is 1. The average molecular weight is 218 g/mol. The van der Waals surface area contributed by atoms with Gasteiger partial charge in [0.25, 0.3) is 0 Å². The summed E-state index contributed by atoms with van der Waals surface area (Å²) in [6, 6.07) is 0. The second kappa shape index (κ2) is 9.45. The standard InChI is InChI=1S/C16H26/c1-2-3-13-16-14-11-9-7-5-4-6-8-10-12-15-16/h9,11-12,14-15H,2-8,10,13H2,1H3/b11-9+,15-12?,16-14?. The van der Waals surface area contributed by atoms with Crippen LogP contribution in [-0.4, -0.2) is 0 Å². The van der Waals surface area contributed by atoms with E-state index in [1.54, 1.807) is 0 Å². The first-order chi connectivity index (χ1) is 7.93. The maximum absolute atomic E-state index is 2.36. The zero-order valence-corrected chi connectivity index (χ0v) is 10.8. The van der Waals surface area contributed by atoms with Crippen molar-refractivity contribution in [2.24, 2.45) is 0 Å². The van der Waals surface area contributed by atoms with Gasteiger partial charge in [0.1, 0.15) is 0 Å². The van der Waals surface area contributed by atoms with E-state index in [9.17, 15) is 0 Å². The lowest BCUT2D eigenvalue weighted by atomic mass is 10.0. The van der Waals surface area contributed by atoms with E-state index in [4.69, 9.17) is 0 Å². The molecule has 1 aliphatic carbocycles. The van der Waals surface area contributed by atoms with Gasteiger partial charge in [0, 0.05) is 0 Å². The third-order valence-corrected chi connectivity index (χ3v) is 3.09. The summed E-state index contributed by atoms with van der Waals surface area (Å²) in [6.45, 7) is 2.26. The molecule has 0 heterocycles. The summed E-state index contributed by atoms with van der Waals surface area (Å²) in [5.41, 5.74) is 1.50. The molecule has 0 fully saturated rings. The summed E-state index contributed by atoms with van der Waals surface area (Å²) in [6.07, 6.45) is 23.4. The molecule has 16 heavy (non-hydrogen) atoms. The molecule has 0 saturated heterocycles. The molecule has 0 radical (unpaired) electrons. The van der Waals surface area contributed by atoms with Gasteiger partial charge in [0.05, 0.1) is 0 Å². The van der Waals surface area contributed by atoms with Crippen molar-refractivity contribution in [2.45, 2.75) is 64.7 Å². The Kier molecular flexibility index (Phi) is 7.84. The largest absolute Gasteiger partial charge is 0.0845 e. The van der Waals surface area contributed by atoms with Crippen molar-refractivity contribution >= 4 is 0 Å². The SMILES string of the molecule is CCCCC1=C/C=C/CCCCCCC=C1. The molecule has 90 valence electrons. The van der Waals surface area contributed by atoms with Crippen LogP contribution in [0, 0.1) is 0 Å². The van der Waals surface area contributed by atoms with Gasteiger partial charge in [-0.2, -0.15) is 0 Å². The van der Waals surface area contributed by atoms with Gasteiger partial charge in [-0.05, 0) is 44.1 Å². The predicted molar refractivity (Wildman–Crippen MR) is 73.6 cm³/mol. The molecule has 0 spiro atoms. The van der Waals surface area contributed by atoms with Crippen molar-refractivity contribution in [1.29, 1.82) is 0 Å². The van der Waals surface area contributed by atoms with Gasteiger partial charge >= 0.3 is 0 Å². The fourth-order valence-electron chi connectivity index (χ4n) is 2.00. The maximum Gasteiger partial charge on any atom is -0.0279 e. The minimum Gasteiger partial charge on any atom is -0.0845 e. The molecule has 0 bridgehead atoms. The highest BCUT2D eigenvalue weighted by Crippen LogP contribution is 2.13. The van der Waals surface area contributed by atoms with E-state index in [1.807, 2.05) is 0 Å². The summed E-state index contributed by atoms with van der Waals surface area (Å²) < 4.78 is 0. The Morgan fingerprint density at radius 1 is 1.00 bits per heavy atom. The first kappa shape index (κ1) is 13.3. The lowest BCUT2D eigenvalue weighted by Crippen LogP contribution is -1.82. The van der Waals surface area contributed by atoms with Crippen LogP contribution in [0.15, 0.2) is 36.0 Å². The monoisotopic (exact) mass is 218 g/mol. The molecule has 1 aliphatic rings. The molecule has 0 aromatic carbocycles. The van der Waals surface area contributed by atoms with Crippen LogP contribution < -0.4 is 0 Å². The van der Waals surface area contributed by atoms with Crippen LogP contribution in [0.5, 0.6) is 0 Å². The van der Waals surface area contributed by atoms with Gasteiger partial charge in [-0.1, -0.05) is 56.6 Å². The summed E-state index contributed by atoms with van der Waals surface area (Å²) >= 11 is 0. The van der Waals surface area contributed by atoms with Crippen molar-refractivity contribution in [2.75, 3.05) is 0 Å². The molecule has 0 amide bonds. The summed E-state index contributed by atoms with van der Waals surface area (Å²) in [5.74, 6) is 0. The van der Waals surface area contributed by atoms with Crippen LogP contribution in [-0.2, 0) is 0 Å². The molecular weight excluding hydrogens is 192 g/mol. The topological polar surface area (TPSA) is 0 Å². The molecule has 0 atom stereocenters. The first-order valence-electron chi connectivity index (χ1n) is 6.95. The predicted octanol–water partition coefficient (Wildman–Crippen LogP) is 5.57. The minimum absolute atomic E-state index is 1.23. The smallest absolute Gasteiger partial charge is 0.0279 e. The summed E-state index contributed by atoms with van der Waals surface area (Å²) in [7, 11) is 0. The quantitative estimate of drug-likeness (QED) is 0.581. The Morgan fingerprint density at radius 3 is 2.50 bits per heavy atom. The molecular formula is C16H26. The first-order valence-corrected chi connectivity index (χ1v) is 6.95. The normalized spacial score (nSPS) is 20.7. The summed E-state index contributed by atoms with van der Waals surface area (Å²) in [5, 5.41) is 0. The Labute approximate surface area is 101 Å². The second-order valence-electron chi connectivity index (χ2n) is 4.67. The van der Waals surface area contributed by atoms with E-state index in [0.717, 1.165) is 0 Å². The van der Waals surface area contributed by atoms with E-state index in [-0.39, 0.29) is 0 Å². The van der Waals surface area contributed by atoms with Crippen molar-refractivity contribution < 1.29 is 0 Å². The Hall–Kier alpha value is -0.780.